The molecule has 0 aliphatic rings. The van der Waals surface area contributed by atoms with Crippen molar-refractivity contribution >= 4 is 46.4 Å². The smallest absolute Gasteiger partial charge is 0.155 e. The molecule has 0 heterocycles. The molecule has 6 atom stereocenters. The fraction of sp³-hybridized carbons (Fsp3) is 0.844. The molecule has 0 rings (SSSR count). The Morgan fingerprint density at radius 2 is 0.486 bits per heavy atom. The predicted octanol–water partition coefficient (Wildman–Crippen LogP) is 16.3. The lowest BCUT2D eigenvalue weighted by Crippen LogP contribution is -2.51. The van der Waals surface area contributed by atoms with Gasteiger partial charge < -0.3 is 71.2 Å². The summed E-state index contributed by atoms with van der Waals surface area (Å²) in [5.74, 6) is 3.78. The van der Waals surface area contributed by atoms with E-state index in [1.807, 2.05) is 125 Å². The summed E-state index contributed by atoms with van der Waals surface area (Å²) in [6.07, 6.45) is 13.7. The van der Waals surface area contributed by atoms with Gasteiger partial charge in [0.2, 0.25) is 0 Å². The molecule has 21 nitrogen and oxygen atoms in total. The lowest BCUT2D eigenvalue weighted by molar-refractivity contribution is -0.129. The molecule has 0 aromatic rings. The lowest BCUT2D eigenvalue weighted by Gasteiger charge is -2.32. The zero-order valence-corrected chi connectivity index (χ0v) is 79.8. The van der Waals surface area contributed by atoms with Crippen LogP contribution in [-0.2, 0) is 28.8 Å². The SMILES string of the molecule is C=C(N)CCCC[C@@H](NC(C)(C)C)C(=O)C(C)(C)C.C=C(N)NCCC[C@@H](NC(C)(C)C)C(=O)C(C)(C)C.C=C(N)NCCC[C@@H](NC(C)(C)C)C(=O)C(C)(C)C.CC(N)=NCCCC[C@@H](NC(C)(C)C)C(=O)C(C)(C)C.CC(N)=NCC[C@@H](NC(C)(C)C)C(=O)C(C)(C)C.CCCC[C@@H](NC(C)(C)C)C(=O)C(C)(C)C. The first-order chi connectivity index (χ1) is 49.2. The van der Waals surface area contributed by atoms with Crippen molar-refractivity contribution in [2.75, 3.05) is 26.2 Å². The molecular weight excluding hydrogens is 1390 g/mol. The van der Waals surface area contributed by atoms with Crippen molar-refractivity contribution in [3.8, 4) is 0 Å². The molecule has 18 N–H and O–H groups in total. The van der Waals surface area contributed by atoms with Crippen LogP contribution in [0.15, 0.2) is 47.1 Å². The number of allylic oxidation sites excluding steroid dienone is 1. The van der Waals surface area contributed by atoms with E-state index in [1.165, 1.54) is 0 Å². The third-order valence-electron chi connectivity index (χ3n) is 16.1. The van der Waals surface area contributed by atoms with Crippen LogP contribution >= 0.6 is 0 Å². The summed E-state index contributed by atoms with van der Waals surface area (Å²) < 4.78 is 0. The van der Waals surface area contributed by atoms with Gasteiger partial charge in [-0.1, -0.05) is 171 Å². The summed E-state index contributed by atoms with van der Waals surface area (Å²) in [5.41, 5.74) is 26.0. The number of nitrogens with zero attached hydrogens (tertiary/aromatic N) is 2. The minimum Gasteiger partial charge on any atom is -0.403 e. The molecule has 111 heavy (non-hydrogen) atoms. The van der Waals surface area contributed by atoms with Crippen molar-refractivity contribution < 1.29 is 28.8 Å². The van der Waals surface area contributed by atoms with Crippen LogP contribution in [0, 0.1) is 32.5 Å². The van der Waals surface area contributed by atoms with Gasteiger partial charge in [-0.2, -0.15) is 0 Å². The molecule has 0 spiro atoms. The Kier molecular flexibility index (Phi) is 55.3. The maximum atomic E-state index is 12.5. The first-order valence-corrected chi connectivity index (χ1v) is 41.5. The van der Waals surface area contributed by atoms with Crippen LogP contribution in [0.3, 0.4) is 0 Å². The van der Waals surface area contributed by atoms with Gasteiger partial charge in [0.25, 0.3) is 0 Å². The van der Waals surface area contributed by atoms with Gasteiger partial charge in [-0.15, -0.1) is 0 Å². The third kappa shape index (κ3) is 72.4. The highest BCUT2D eigenvalue weighted by atomic mass is 16.2. The molecular formula is C90H185N15O6. The standard InChI is InChI=1S/C16H33N3O.C16H32N2O.2C15H31N3O.C14H29N3O.C14H29NO/c1-12(17)18-11-9-8-10-13(19-16(5,6)7)14(20)15(2,3)4;1-12(17)10-8-9-11-13(18-16(5,6)7)14(19)15(2,3)4;2*1-11(16)17-10-8-9-12(18-15(5,6)7)13(19)14(2,3)4;1-10(15)16-9-8-11(17-14(5,6)7)12(18)13(2,3)4;1-8-9-10-11(15-14(5,6)7)12(16)13(2,3)4/h13,19H,8-11H2,1-7H3,(H2,17,18);13,18H,1,8-11,17H2,2-7H3;2*12,17-18H,1,8-10,16H2,2-7H3;11,17H,8-9H2,1-7H3,(H2,15,16);11,15H,8-10H2,1-7H3/t2*13-;2*12-;2*11-/m111111/s1. The first kappa shape index (κ1) is 117. The minimum absolute atomic E-state index is 0.0000463. The second kappa shape index (κ2) is 52.5. The van der Waals surface area contributed by atoms with Crippen LogP contribution < -0.4 is 71.2 Å². The highest BCUT2D eigenvalue weighted by Crippen LogP contribution is 2.27. The normalized spacial score (nSPS) is 14.7. The molecule has 0 amide bonds. The number of rotatable bonds is 38. The first-order valence-electron chi connectivity index (χ1n) is 41.5. The maximum Gasteiger partial charge on any atom is 0.155 e. The number of carbonyl (C=O) groups is 6. The number of unbranched alkanes of at least 4 members (excludes halogenated alkanes) is 3. The van der Waals surface area contributed by atoms with Crippen molar-refractivity contribution in [3.63, 3.8) is 0 Å². The van der Waals surface area contributed by atoms with Crippen molar-refractivity contribution in [1.82, 2.24) is 42.5 Å². The fourth-order valence-corrected chi connectivity index (χ4v) is 11.2. The highest BCUT2D eigenvalue weighted by Gasteiger charge is 2.37. The number of aliphatic imine (C=N–C) groups is 2. The summed E-state index contributed by atoms with van der Waals surface area (Å²) in [6.45, 7) is 92.5. The molecule has 0 aromatic carbocycles. The third-order valence-corrected chi connectivity index (χ3v) is 16.1. The van der Waals surface area contributed by atoms with Gasteiger partial charge in [-0.3, -0.25) is 38.8 Å². The van der Waals surface area contributed by atoms with E-state index in [0.717, 1.165) is 115 Å². The average Bonchev–Trinajstić information content (AvgIpc) is 0.889. The van der Waals surface area contributed by atoms with Gasteiger partial charge in [0.05, 0.1) is 59.6 Å². The van der Waals surface area contributed by atoms with E-state index < -0.39 is 0 Å². The topological polar surface area (TPSA) is 353 Å². The minimum atomic E-state index is -0.343. The van der Waals surface area contributed by atoms with E-state index in [-0.39, 0.29) is 131 Å². The highest BCUT2D eigenvalue weighted by molar-refractivity contribution is 5.91. The molecule has 0 bridgehead atoms. The number of carbonyl (C=O) groups excluding carboxylic acids is 6. The number of hydrogen-bond acceptors (Lipinski definition) is 19. The average molecular weight is 1570 g/mol. The number of nitrogens with two attached hydrogens (primary N) is 5. The molecule has 0 aliphatic carbocycles. The van der Waals surface area contributed by atoms with E-state index in [0.29, 0.717) is 42.1 Å². The monoisotopic (exact) mass is 1570 g/mol. The number of amidine groups is 2. The lowest BCUT2D eigenvalue weighted by atomic mass is 9.83. The van der Waals surface area contributed by atoms with Crippen LogP contribution in [0.5, 0.6) is 0 Å². The Hall–Kier alpha value is -5.06. The number of hydrogen-bond donors (Lipinski definition) is 13. The molecule has 0 unspecified atom stereocenters. The van der Waals surface area contributed by atoms with Crippen LogP contribution in [0.2, 0.25) is 0 Å². The molecule has 0 saturated carbocycles. The molecule has 21 heteroatoms. The van der Waals surface area contributed by atoms with E-state index in [4.69, 9.17) is 28.7 Å². The fourth-order valence-electron chi connectivity index (χ4n) is 11.2. The zero-order valence-electron chi connectivity index (χ0n) is 79.8. The summed E-state index contributed by atoms with van der Waals surface area (Å²) >= 11 is 0. The van der Waals surface area contributed by atoms with Gasteiger partial charge in [0.15, 0.2) is 34.7 Å². The molecule has 656 valence electrons. The summed E-state index contributed by atoms with van der Waals surface area (Å²) in [4.78, 5) is 82.9. The van der Waals surface area contributed by atoms with Crippen molar-refractivity contribution in [2.24, 2.45) is 71.1 Å². The number of Topliss-reactive ketones (excluding diaryl/α,β-unsaturated/α-hetero) is 6. The van der Waals surface area contributed by atoms with Gasteiger partial charge in [0.1, 0.15) is 0 Å². The molecule has 0 aliphatic heterocycles. The van der Waals surface area contributed by atoms with E-state index in [2.05, 4.69) is 204 Å². The van der Waals surface area contributed by atoms with Crippen molar-refractivity contribution in [1.29, 1.82) is 0 Å². The van der Waals surface area contributed by atoms with E-state index in [1.54, 1.807) is 13.8 Å². The van der Waals surface area contributed by atoms with Crippen LogP contribution in [0.1, 0.15) is 366 Å². The maximum absolute atomic E-state index is 12.5. The summed E-state index contributed by atoms with van der Waals surface area (Å²) in [6, 6.07) is -0.572. The Morgan fingerprint density at radius 1 is 0.288 bits per heavy atom. The van der Waals surface area contributed by atoms with Crippen LogP contribution in [0.25, 0.3) is 0 Å². The van der Waals surface area contributed by atoms with Gasteiger partial charge in [-0.25, -0.2) is 0 Å². The van der Waals surface area contributed by atoms with Crippen LogP contribution in [0.4, 0.5) is 0 Å². The molecule has 0 radical (unpaired) electrons. The second-order valence-corrected chi connectivity index (χ2v) is 42.9. The van der Waals surface area contributed by atoms with Crippen LogP contribution in [-0.4, -0.2) is 142 Å². The number of nitrogens with one attached hydrogen (secondary N) is 8. The second-order valence-electron chi connectivity index (χ2n) is 42.9. The summed E-state index contributed by atoms with van der Waals surface area (Å²) in [5, 5.41) is 26.5. The predicted molar refractivity (Wildman–Crippen MR) is 482 cm³/mol. The van der Waals surface area contributed by atoms with Gasteiger partial charge in [0, 0.05) is 97.6 Å². The Balaban J connectivity index is -0.000000298. The van der Waals surface area contributed by atoms with E-state index in [9.17, 15) is 28.8 Å². The molecule has 0 aromatic heterocycles. The Labute approximate surface area is 684 Å². The van der Waals surface area contributed by atoms with Crippen molar-refractivity contribution in [2.45, 2.75) is 436 Å². The van der Waals surface area contributed by atoms with E-state index >= 15 is 0 Å². The van der Waals surface area contributed by atoms with Crippen molar-refractivity contribution in [3.05, 3.63) is 37.1 Å². The molecule has 0 saturated heterocycles. The Morgan fingerprint density at radius 3 is 0.676 bits per heavy atom. The summed E-state index contributed by atoms with van der Waals surface area (Å²) in [7, 11) is 0. The van der Waals surface area contributed by atoms with Gasteiger partial charge in [-0.05, 0) is 216 Å². The number of ketones is 6. The quantitative estimate of drug-likeness (QED) is 0.0155. The molecule has 0 fully saturated rings. The van der Waals surface area contributed by atoms with Gasteiger partial charge >= 0.3 is 0 Å². The zero-order chi connectivity index (χ0) is 89.3. The largest absolute Gasteiger partial charge is 0.403 e. The Bertz CT molecular complexity index is 2600.